The largest absolute Gasteiger partial charge is 0.330 e. The third-order valence-corrected chi connectivity index (χ3v) is 3.34. The number of hydrogen-bond acceptors (Lipinski definition) is 1. The molecule has 72 valence electrons. The van der Waals surface area contributed by atoms with E-state index in [0.29, 0.717) is 0 Å². The van der Waals surface area contributed by atoms with Gasteiger partial charge in [0, 0.05) is 0 Å². The topological polar surface area (TPSA) is 26.0 Å². The van der Waals surface area contributed by atoms with Crippen LogP contribution in [-0.4, -0.2) is 6.54 Å². The molecule has 1 nitrogen and oxygen atoms in total. The summed E-state index contributed by atoms with van der Waals surface area (Å²) in [5.74, 6) is 3.15. The van der Waals surface area contributed by atoms with Crippen molar-refractivity contribution in [2.24, 2.45) is 23.5 Å². The minimum atomic E-state index is 0.881. The summed E-state index contributed by atoms with van der Waals surface area (Å²) in [7, 11) is 0. The molecule has 3 unspecified atom stereocenters. The van der Waals surface area contributed by atoms with Gasteiger partial charge in [0.15, 0.2) is 0 Å². The van der Waals surface area contributed by atoms with Crippen LogP contribution in [0.1, 0.15) is 46.0 Å². The lowest BCUT2D eigenvalue weighted by Crippen LogP contribution is -1.99. The van der Waals surface area contributed by atoms with Gasteiger partial charge in [-0.15, -0.1) is 0 Å². The summed E-state index contributed by atoms with van der Waals surface area (Å²) in [4.78, 5) is 0. The summed E-state index contributed by atoms with van der Waals surface area (Å²) in [6, 6.07) is 0. The Kier molecular flexibility index (Phi) is 4.07. The van der Waals surface area contributed by atoms with Gasteiger partial charge in [-0.2, -0.15) is 0 Å². The van der Waals surface area contributed by atoms with E-state index < -0.39 is 0 Å². The summed E-state index contributed by atoms with van der Waals surface area (Å²) >= 11 is 0. The van der Waals surface area contributed by atoms with Crippen LogP contribution in [0.4, 0.5) is 0 Å². The van der Waals surface area contributed by atoms with Crippen molar-refractivity contribution in [1.29, 1.82) is 0 Å². The zero-order valence-electron chi connectivity index (χ0n) is 8.55. The van der Waals surface area contributed by atoms with Crippen LogP contribution in [0.25, 0.3) is 0 Å². The Balaban J connectivity index is 2.17. The Morgan fingerprint density at radius 2 is 1.67 bits per heavy atom. The molecule has 1 aliphatic rings. The van der Waals surface area contributed by atoms with Crippen LogP contribution in [-0.2, 0) is 0 Å². The molecular weight excluding hydrogens is 146 g/mol. The Hall–Kier alpha value is -0.0400. The standard InChI is InChI=1S/C11H23N/c1-3-6-10-9(4-2)11(10)7-5-8-12/h9-11H,3-8,12H2,1-2H3. The molecule has 0 aromatic carbocycles. The zero-order chi connectivity index (χ0) is 8.97. The maximum absolute atomic E-state index is 5.51. The molecule has 0 heterocycles. The van der Waals surface area contributed by atoms with E-state index in [-0.39, 0.29) is 0 Å². The second-order valence-corrected chi connectivity index (χ2v) is 4.12. The van der Waals surface area contributed by atoms with Gasteiger partial charge in [-0.3, -0.25) is 0 Å². The highest BCUT2D eigenvalue weighted by atomic mass is 14.5. The first kappa shape index (κ1) is 10.0. The quantitative estimate of drug-likeness (QED) is 0.650. The van der Waals surface area contributed by atoms with Crippen LogP contribution >= 0.6 is 0 Å². The first-order valence-electron chi connectivity index (χ1n) is 5.55. The molecule has 12 heavy (non-hydrogen) atoms. The number of rotatable bonds is 6. The van der Waals surface area contributed by atoms with Crippen molar-refractivity contribution in [2.45, 2.75) is 46.0 Å². The van der Waals surface area contributed by atoms with E-state index in [0.717, 1.165) is 24.3 Å². The van der Waals surface area contributed by atoms with Crippen LogP contribution in [0.15, 0.2) is 0 Å². The Labute approximate surface area is 76.7 Å². The highest BCUT2D eigenvalue weighted by molar-refractivity contribution is 4.95. The van der Waals surface area contributed by atoms with Crippen LogP contribution in [0.3, 0.4) is 0 Å². The molecule has 0 saturated heterocycles. The SMILES string of the molecule is CCCC1C(CC)C1CCCN. The first-order chi connectivity index (χ1) is 5.85. The van der Waals surface area contributed by atoms with E-state index in [9.17, 15) is 0 Å². The van der Waals surface area contributed by atoms with Gasteiger partial charge >= 0.3 is 0 Å². The molecule has 0 amide bonds. The minimum absolute atomic E-state index is 0.881. The predicted molar refractivity (Wildman–Crippen MR) is 54.0 cm³/mol. The zero-order valence-corrected chi connectivity index (χ0v) is 8.55. The highest BCUT2D eigenvalue weighted by Gasteiger charge is 2.46. The molecule has 0 aliphatic heterocycles. The van der Waals surface area contributed by atoms with Crippen LogP contribution in [0, 0.1) is 17.8 Å². The summed E-state index contributed by atoms with van der Waals surface area (Å²) in [6.45, 7) is 5.51. The average Bonchev–Trinajstić information content (AvgIpc) is 2.75. The van der Waals surface area contributed by atoms with Gasteiger partial charge in [0.2, 0.25) is 0 Å². The lowest BCUT2D eigenvalue weighted by atomic mass is 10.1. The third kappa shape index (κ3) is 2.22. The Morgan fingerprint density at radius 1 is 1.00 bits per heavy atom. The highest BCUT2D eigenvalue weighted by Crippen LogP contribution is 2.53. The molecule has 3 atom stereocenters. The number of nitrogens with two attached hydrogens (primary N) is 1. The van der Waals surface area contributed by atoms with Gasteiger partial charge in [0.05, 0.1) is 0 Å². The fourth-order valence-electron chi connectivity index (χ4n) is 2.67. The molecule has 1 rings (SSSR count). The monoisotopic (exact) mass is 169 g/mol. The van der Waals surface area contributed by atoms with Gasteiger partial charge in [0.1, 0.15) is 0 Å². The molecule has 1 heteroatoms. The molecular formula is C11H23N. The van der Waals surface area contributed by atoms with Gasteiger partial charge in [-0.05, 0) is 37.1 Å². The fourth-order valence-corrected chi connectivity index (χ4v) is 2.67. The molecule has 0 aromatic rings. The van der Waals surface area contributed by atoms with Crippen molar-refractivity contribution in [3.63, 3.8) is 0 Å². The van der Waals surface area contributed by atoms with E-state index in [2.05, 4.69) is 13.8 Å². The molecule has 0 spiro atoms. The first-order valence-corrected chi connectivity index (χ1v) is 5.55. The second-order valence-electron chi connectivity index (χ2n) is 4.12. The maximum Gasteiger partial charge on any atom is -0.00772 e. The fraction of sp³-hybridized carbons (Fsp3) is 1.00. The molecule has 2 N–H and O–H groups in total. The van der Waals surface area contributed by atoms with Crippen molar-refractivity contribution in [1.82, 2.24) is 0 Å². The lowest BCUT2D eigenvalue weighted by molar-refractivity contribution is 0.582. The predicted octanol–water partition coefficient (Wildman–Crippen LogP) is 2.80. The van der Waals surface area contributed by atoms with Crippen LogP contribution in [0.2, 0.25) is 0 Å². The van der Waals surface area contributed by atoms with Gasteiger partial charge in [0.25, 0.3) is 0 Å². The van der Waals surface area contributed by atoms with Crippen molar-refractivity contribution in [2.75, 3.05) is 6.54 Å². The molecule has 0 bridgehead atoms. The molecule has 0 aromatic heterocycles. The molecule has 1 aliphatic carbocycles. The summed E-state index contributed by atoms with van der Waals surface area (Å²) in [6.07, 6.45) is 6.83. The average molecular weight is 169 g/mol. The second kappa shape index (κ2) is 4.86. The van der Waals surface area contributed by atoms with Gasteiger partial charge < -0.3 is 5.73 Å². The third-order valence-electron chi connectivity index (χ3n) is 3.34. The summed E-state index contributed by atoms with van der Waals surface area (Å²) in [5.41, 5.74) is 5.51. The van der Waals surface area contributed by atoms with E-state index in [1.165, 1.54) is 32.1 Å². The van der Waals surface area contributed by atoms with Gasteiger partial charge in [-0.1, -0.05) is 33.1 Å². The van der Waals surface area contributed by atoms with Crippen molar-refractivity contribution >= 4 is 0 Å². The Bertz CT molecular complexity index is 122. The number of hydrogen-bond donors (Lipinski definition) is 1. The van der Waals surface area contributed by atoms with E-state index in [4.69, 9.17) is 5.73 Å². The van der Waals surface area contributed by atoms with E-state index in [1.807, 2.05) is 0 Å². The van der Waals surface area contributed by atoms with Crippen molar-refractivity contribution in [3.05, 3.63) is 0 Å². The van der Waals surface area contributed by atoms with Crippen LogP contribution in [0.5, 0.6) is 0 Å². The van der Waals surface area contributed by atoms with Crippen molar-refractivity contribution < 1.29 is 0 Å². The minimum Gasteiger partial charge on any atom is -0.330 e. The summed E-state index contributed by atoms with van der Waals surface area (Å²) in [5, 5.41) is 0. The molecule has 1 fully saturated rings. The lowest BCUT2D eigenvalue weighted by Gasteiger charge is -1.95. The van der Waals surface area contributed by atoms with E-state index >= 15 is 0 Å². The van der Waals surface area contributed by atoms with Crippen LogP contribution < -0.4 is 5.73 Å². The molecule has 0 radical (unpaired) electrons. The Morgan fingerprint density at radius 3 is 2.17 bits per heavy atom. The summed E-state index contributed by atoms with van der Waals surface area (Å²) < 4.78 is 0. The van der Waals surface area contributed by atoms with Crippen molar-refractivity contribution in [3.8, 4) is 0 Å². The normalized spacial score (nSPS) is 33.8. The molecule has 1 saturated carbocycles. The maximum atomic E-state index is 5.51. The van der Waals surface area contributed by atoms with E-state index in [1.54, 1.807) is 0 Å². The van der Waals surface area contributed by atoms with Gasteiger partial charge in [-0.25, -0.2) is 0 Å². The smallest absolute Gasteiger partial charge is 0.00772 e.